The zero-order valence-corrected chi connectivity index (χ0v) is 12.6. The van der Waals surface area contributed by atoms with Crippen molar-refractivity contribution < 1.29 is 0 Å². The summed E-state index contributed by atoms with van der Waals surface area (Å²) in [6.45, 7) is 5.29. The molecule has 0 bridgehead atoms. The van der Waals surface area contributed by atoms with Crippen LogP contribution in [-0.2, 0) is 13.1 Å². The number of thioether (sulfide) groups is 1. The molecule has 1 heterocycles. The van der Waals surface area contributed by atoms with E-state index in [1.165, 1.54) is 43.7 Å². The molecule has 1 aromatic rings. The van der Waals surface area contributed by atoms with Gasteiger partial charge in [0.15, 0.2) is 0 Å². The lowest BCUT2D eigenvalue weighted by atomic mass is 10.2. The van der Waals surface area contributed by atoms with Crippen LogP contribution in [-0.4, -0.2) is 28.1 Å². The first-order chi connectivity index (χ1) is 8.88. The van der Waals surface area contributed by atoms with E-state index in [0.29, 0.717) is 0 Å². The van der Waals surface area contributed by atoms with Gasteiger partial charge in [-0.05, 0) is 37.8 Å². The van der Waals surface area contributed by atoms with Crippen molar-refractivity contribution in [1.29, 1.82) is 0 Å². The molecular formula is C14H27N3S. The van der Waals surface area contributed by atoms with Crippen molar-refractivity contribution in [2.75, 3.05) is 18.6 Å². The molecule has 0 aliphatic carbocycles. The van der Waals surface area contributed by atoms with Gasteiger partial charge < -0.3 is 9.88 Å². The van der Waals surface area contributed by atoms with E-state index in [1.54, 1.807) is 0 Å². The minimum Gasteiger partial charge on any atom is -0.334 e. The minimum absolute atomic E-state index is 0.901. The molecule has 1 rings (SSSR count). The smallest absolute Gasteiger partial charge is 0.122 e. The normalized spacial score (nSPS) is 11.0. The van der Waals surface area contributed by atoms with Crippen LogP contribution in [0, 0.1) is 0 Å². The SMILES string of the molecule is CCCn1ccnc1CNCCCCCCSC. The van der Waals surface area contributed by atoms with Gasteiger partial charge in [-0.15, -0.1) is 0 Å². The Morgan fingerprint density at radius 2 is 2.11 bits per heavy atom. The van der Waals surface area contributed by atoms with Crippen LogP contribution in [0.5, 0.6) is 0 Å². The number of hydrogen-bond donors (Lipinski definition) is 1. The standard InChI is InChI=1S/C14H27N3S/c1-3-10-17-11-9-16-14(17)13-15-8-6-4-5-7-12-18-2/h9,11,15H,3-8,10,12-13H2,1-2H3. The maximum Gasteiger partial charge on any atom is 0.122 e. The maximum atomic E-state index is 4.39. The van der Waals surface area contributed by atoms with Gasteiger partial charge in [0.1, 0.15) is 5.82 Å². The van der Waals surface area contributed by atoms with Crippen molar-refractivity contribution >= 4 is 11.8 Å². The monoisotopic (exact) mass is 269 g/mol. The first-order valence-electron chi connectivity index (χ1n) is 7.08. The Morgan fingerprint density at radius 1 is 1.28 bits per heavy atom. The fourth-order valence-corrected chi connectivity index (χ4v) is 2.49. The number of hydrogen-bond acceptors (Lipinski definition) is 3. The minimum atomic E-state index is 0.901. The van der Waals surface area contributed by atoms with E-state index >= 15 is 0 Å². The van der Waals surface area contributed by atoms with E-state index in [1.807, 2.05) is 18.0 Å². The topological polar surface area (TPSA) is 29.9 Å². The molecule has 0 atom stereocenters. The number of rotatable bonds is 11. The molecule has 0 saturated heterocycles. The van der Waals surface area contributed by atoms with Gasteiger partial charge in [0.2, 0.25) is 0 Å². The van der Waals surface area contributed by atoms with Crippen molar-refractivity contribution in [3.8, 4) is 0 Å². The summed E-state index contributed by atoms with van der Waals surface area (Å²) >= 11 is 1.95. The molecule has 0 amide bonds. The Balaban J connectivity index is 2.01. The summed E-state index contributed by atoms with van der Waals surface area (Å²) in [6, 6.07) is 0. The van der Waals surface area contributed by atoms with Gasteiger partial charge in [0, 0.05) is 18.9 Å². The average molecular weight is 269 g/mol. The number of unbranched alkanes of at least 4 members (excludes halogenated alkanes) is 3. The second-order valence-corrected chi connectivity index (χ2v) is 5.61. The molecule has 0 aliphatic heterocycles. The van der Waals surface area contributed by atoms with Crippen LogP contribution in [0.15, 0.2) is 12.4 Å². The van der Waals surface area contributed by atoms with Gasteiger partial charge in [-0.3, -0.25) is 0 Å². The number of imidazole rings is 1. The first kappa shape index (κ1) is 15.6. The van der Waals surface area contributed by atoms with Crippen LogP contribution in [0.25, 0.3) is 0 Å². The lowest BCUT2D eigenvalue weighted by Gasteiger charge is -2.07. The third-order valence-corrected chi connectivity index (χ3v) is 3.70. The number of nitrogens with one attached hydrogen (secondary N) is 1. The van der Waals surface area contributed by atoms with E-state index in [-0.39, 0.29) is 0 Å². The number of nitrogens with zero attached hydrogens (tertiary/aromatic N) is 2. The second-order valence-electron chi connectivity index (χ2n) is 4.62. The molecule has 0 aliphatic rings. The molecule has 1 aromatic heterocycles. The van der Waals surface area contributed by atoms with Crippen molar-refractivity contribution in [1.82, 2.24) is 14.9 Å². The van der Waals surface area contributed by atoms with Crippen LogP contribution >= 0.6 is 11.8 Å². The van der Waals surface area contributed by atoms with Crippen LogP contribution in [0.1, 0.15) is 44.9 Å². The van der Waals surface area contributed by atoms with Crippen LogP contribution in [0.2, 0.25) is 0 Å². The van der Waals surface area contributed by atoms with Crippen LogP contribution < -0.4 is 5.32 Å². The fourth-order valence-electron chi connectivity index (χ4n) is 2.00. The third-order valence-electron chi connectivity index (χ3n) is 3.00. The summed E-state index contributed by atoms with van der Waals surface area (Å²) in [4.78, 5) is 4.39. The van der Waals surface area contributed by atoms with Gasteiger partial charge in [-0.25, -0.2) is 4.98 Å². The average Bonchev–Trinajstić information content (AvgIpc) is 2.81. The number of aryl methyl sites for hydroxylation is 1. The summed E-state index contributed by atoms with van der Waals surface area (Å²) in [7, 11) is 0. The van der Waals surface area contributed by atoms with Crippen molar-refractivity contribution in [2.24, 2.45) is 0 Å². The van der Waals surface area contributed by atoms with Gasteiger partial charge in [-0.2, -0.15) is 11.8 Å². The quantitative estimate of drug-likeness (QED) is 0.625. The van der Waals surface area contributed by atoms with Gasteiger partial charge >= 0.3 is 0 Å². The molecule has 0 aromatic carbocycles. The van der Waals surface area contributed by atoms with E-state index in [0.717, 1.165) is 19.6 Å². The summed E-state index contributed by atoms with van der Waals surface area (Å²) in [5, 5.41) is 3.49. The van der Waals surface area contributed by atoms with E-state index in [2.05, 4.69) is 34.2 Å². The van der Waals surface area contributed by atoms with Gasteiger partial charge in [0.25, 0.3) is 0 Å². The van der Waals surface area contributed by atoms with E-state index in [4.69, 9.17) is 0 Å². The van der Waals surface area contributed by atoms with Crippen LogP contribution in [0.4, 0.5) is 0 Å². The lowest BCUT2D eigenvalue weighted by molar-refractivity contribution is 0.561. The summed E-state index contributed by atoms with van der Waals surface area (Å²) < 4.78 is 2.24. The zero-order valence-electron chi connectivity index (χ0n) is 11.8. The highest BCUT2D eigenvalue weighted by Crippen LogP contribution is 2.04. The molecule has 18 heavy (non-hydrogen) atoms. The molecule has 0 saturated carbocycles. The maximum absolute atomic E-state index is 4.39. The van der Waals surface area contributed by atoms with Gasteiger partial charge in [0.05, 0.1) is 6.54 Å². The summed E-state index contributed by atoms with van der Waals surface area (Å²) in [5.41, 5.74) is 0. The zero-order chi connectivity index (χ0) is 13.1. The summed E-state index contributed by atoms with van der Waals surface area (Å²) in [6.07, 6.45) is 12.7. The molecule has 0 unspecified atom stereocenters. The fraction of sp³-hybridized carbons (Fsp3) is 0.786. The highest BCUT2D eigenvalue weighted by Gasteiger charge is 2.00. The Hall–Kier alpha value is -0.480. The largest absolute Gasteiger partial charge is 0.334 e. The Bertz CT molecular complexity index is 299. The molecule has 1 N–H and O–H groups in total. The highest BCUT2D eigenvalue weighted by atomic mass is 32.2. The Kier molecular flexibility index (Phi) is 9.04. The van der Waals surface area contributed by atoms with Crippen LogP contribution in [0.3, 0.4) is 0 Å². The first-order valence-corrected chi connectivity index (χ1v) is 8.47. The molecular weight excluding hydrogens is 242 g/mol. The van der Waals surface area contributed by atoms with E-state index in [9.17, 15) is 0 Å². The second kappa shape index (κ2) is 10.4. The van der Waals surface area contributed by atoms with Gasteiger partial charge in [-0.1, -0.05) is 19.8 Å². The predicted octanol–water partition coefficient (Wildman–Crippen LogP) is 3.31. The van der Waals surface area contributed by atoms with Crippen molar-refractivity contribution in [3.63, 3.8) is 0 Å². The highest BCUT2D eigenvalue weighted by molar-refractivity contribution is 7.98. The molecule has 0 spiro atoms. The third kappa shape index (κ3) is 6.45. The molecule has 3 nitrogen and oxygen atoms in total. The Morgan fingerprint density at radius 3 is 2.89 bits per heavy atom. The summed E-state index contributed by atoms with van der Waals surface area (Å²) in [5.74, 6) is 2.47. The molecule has 104 valence electrons. The van der Waals surface area contributed by atoms with Crippen molar-refractivity contribution in [3.05, 3.63) is 18.2 Å². The van der Waals surface area contributed by atoms with E-state index < -0.39 is 0 Å². The molecule has 0 fully saturated rings. The van der Waals surface area contributed by atoms with Crippen molar-refractivity contribution in [2.45, 2.75) is 52.1 Å². The molecule has 4 heteroatoms. The predicted molar refractivity (Wildman–Crippen MR) is 81.1 cm³/mol. The lowest BCUT2D eigenvalue weighted by Crippen LogP contribution is -2.18. The molecule has 0 radical (unpaired) electrons. The number of aromatic nitrogens is 2. The Labute approximate surface area is 116 Å².